The van der Waals surface area contributed by atoms with Crippen LogP contribution in [0.2, 0.25) is 0 Å². The number of ether oxygens (including phenoxy) is 1. The van der Waals surface area contributed by atoms with E-state index in [1.165, 1.54) is 18.4 Å². The maximum Gasteiger partial charge on any atom is 0.327 e. The molecule has 2 heterocycles. The SMILES string of the molecule is CCOC(=O)Cn1nc(C)c(CN2CCCC(CCN)C2)c1C.Cl. The minimum atomic E-state index is -0.231. The van der Waals surface area contributed by atoms with Gasteiger partial charge in [-0.3, -0.25) is 14.4 Å². The van der Waals surface area contributed by atoms with Gasteiger partial charge in [-0.2, -0.15) is 5.10 Å². The first-order valence-corrected chi connectivity index (χ1v) is 8.66. The number of aromatic nitrogens is 2. The summed E-state index contributed by atoms with van der Waals surface area (Å²) in [6.45, 7) is 10.4. The van der Waals surface area contributed by atoms with Crippen molar-refractivity contribution in [2.45, 2.75) is 53.1 Å². The number of likely N-dealkylation sites (tertiary alicyclic amines) is 1. The molecule has 7 heteroatoms. The highest BCUT2D eigenvalue weighted by Crippen LogP contribution is 2.23. The van der Waals surface area contributed by atoms with Gasteiger partial charge in [0.25, 0.3) is 0 Å². The van der Waals surface area contributed by atoms with Crippen LogP contribution in [0.15, 0.2) is 0 Å². The Bertz CT molecular complexity index is 531. The van der Waals surface area contributed by atoms with Crippen LogP contribution >= 0.6 is 12.4 Å². The molecular formula is C17H31ClN4O2. The van der Waals surface area contributed by atoms with Crippen LogP contribution < -0.4 is 5.73 Å². The Morgan fingerprint density at radius 1 is 1.42 bits per heavy atom. The highest BCUT2D eigenvalue weighted by molar-refractivity contribution is 5.85. The quantitative estimate of drug-likeness (QED) is 0.755. The van der Waals surface area contributed by atoms with E-state index in [9.17, 15) is 4.79 Å². The topological polar surface area (TPSA) is 73.4 Å². The van der Waals surface area contributed by atoms with Crippen LogP contribution in [0, 0.1) is 19.8 Å². The average Bonchev–Trinajstić information content (AvgIpc) is 2.76. The van der Waals surface area contributed by atoms with E-state index in [1.54, 1.807) is 4.68 Å². The van der Waals surface area contributed by atoms with Crippen molar-refractivity contribution in [2.24, 2.45) is 11.7 Å². The summed E-state index contributed by atoms with van der Waals surface area (Å²) in [6.07, 6.45) is 3.63. The number of hydrogen-bond donors (Lipinski definition) is 1. The number of aryl methyl sites for hydroxylation is 1. The molecule has 0 amide bonds. The normalized spacial score (nSPS) is 18.2. The number of nitrogens with zero attached hydrogens (tertiary/aromatic N) is 3. The van der Waals surface area contributed by atoms with Gasteiger partial charge in [0.2, 0.25) is 0 Å². The summed E-state index contributed by atoms with van der Waals surface area (Å²) in [4.78, 5) is 14.2. The van der Waals surface area contributed by atoms with Gasteiger partial charge in [0.1, 0.15) is 6.54 Å². The second-order valence-electron chi connectivity index (χ2n) is 6.43. The molecule has 6 nitrogen and oxygen atoms in total. The molecule has 1 atom stereocenters. The highest BCUT2D eigenvalue weighted by Gasteiger charge is 2.22. The van der Waals surface area contributed by atoms with Crippen molar-refractivity contribution in [3.63, 3.8) is 0 Å². The van der Waals surface area contributed by atoms with Crippen molar-refractivity contribution in [3.8, 4) is 0 Å². The van der Waals surface area contributed by atoms with E-state index >= 15 is 0 Å². The number of carbonyl (C=O) groups is 1. The molecule has 0 saturated carbocycles. The van der Waals surface area contributed by atoms with Crippen LogP contribution in [-0.2, 0) is 22.6 Å². The van der Waals surface area contributed by atoms with Gasteiger partial charge in [-0.15, -0.1) is 12.4 Å². The molecule has 0 spiro atoms. The predicted molar refractivity (Wildman–Crippen MR) is 97.3 cm³/mol. The van der Waals surface area contributed by atoms with Crippen LogP contribution in [-0.4, -0.2) is 46.9 Å². The van der Waals surface area contributed by atoms with Gasteiger partial charge in [0.05, 0.1) is 12.3 Å². The Balaban J connectivity index is 0.00000288. The zero-order valence-electron chi connectivity index (χ0n) is 15.1. The first kappa shape index (κ1) is 20.9. The monoisotopic (exact) mass is 358 g/mol. The van der Waals surface area contributed by atoms with Gasteiger partial charge >= 0.3 is 5.97 Å². The van der Waals surface area contributed by atoms with Crippen molar-refractivity contribution in [1.29, 1.82) is 0 Å². The summed E-state index contributed by atoms with van der Waals surface area (Å²) >= 11 is 0. The largest absolute Gasteiger partial charge is 0.465 e. The number of nitrogens with two attached hydrogens (primary N) is 1. The van der Waals surface area contributed by atoms with E-state index < -0.39 is 0 Å². The van der Waals surface area contributed by atoms with Crippen molar-refractivity contribution in [2.75, 3.05) is 26.2 Å². The zero-order chi connectivity index (χ0) is 16.8. The molecule has 0 aromatic carbocycles. The summed E-state index contributed by atoms with van der Waals surface area (Å²) in [5, 5.41) is 4.52. The lowest BCUT2D eigenvalue weighted by atomic mass is 9.94. The average molecular weight is 359 g/mol. The molecule has 24 heavy (non-hydrogen) atoms. The van der Waals surface area contributed by atoms with Gasteiger partial charge in [-0.25, -0.2) is 0 Å². The number of rotatable bonds is 7. The standard InChI is InChI=1S/C17H30N4O2.ClH/c1-4-23-17(22)12-21-14(3)16(13(2)19-21)11-20-9-5-6-15(10-20)7-8-18;/h15H,4-12,18H2,1-3H3;1H. The number of piperidine rings is 1. The van der Waals surface area contributed by atoms with Crippen LogP contribution in [0.4, 0.5) is 0 Å². The van der Waals surface area contributed by atoms with Crippen LogP contribution in [0.5, 0.6) is 0 Å². The maximum atomic E-state index is 11.7. The van der Waals surface area contributed by atoms with Crippen LogP contribution in [0.25, 0.3) is 0 Å². The number of halogens is 1. The predicted octanol–water partition coefficient (Wildman–Crippen LogP) is 2.05. The first-order valence-electron chi connectivity index (χ1n) is 8.66. The molecule has 0 radical (unpaired) electrons. The van der Waals surface area contributed by atoms with E-state index in [4.69, 9.17) is 10.5 Å². The minimum absolute atomic E-state index is 0. The third-order valence-corrected chi connectivity index (χ3v) is 4.68. The molecule has 1 fully saturated rings. The van der Waals surface area contributed by atoms with Crippen LogP contribution in [0.1, 0.15) is 43.1 Å². The second kappa shape index (κ2) is 10.0. The lowest BCUT2D eigenvalue weighted by molar-refractivity contribution is -0.144. The number of esters is 1. The molecule has 0 aliphatic carbocycles. The van der Waals surface area contributed by atoms with Gasteiger partial charge in [0, 0.05) is 24.3 Å². The summed E-state index contributed by atoms with van der Waals surface area (Å²) in [5.41, 5.74) is 9.02. The van der Waals surface area contributed by atoms with Gasteiger partial charge in [-0.05, 0) is 59.0 Å². The molecule has 1 aromatic rings. The summed E-state index contributed by atoms with van der Waals surface area (Å²) < 4.78 is 6.79. The van der Waals surface area contributed by atoms with Crippen molar-refractivity contribution < 1.29 is 9.53 Å². The van der Waals surface area contributed by atoms with Crippen molar-refractivity contribution >= 4 is 18.4 Å². The Morgan fingerprint density at radius 2 is 2.17 bits per heavy atom. The Hall–Kier alpha value is -1.11. The molecule has 1 saturated heterocycles. The van der Waals surface area contributed by atoms with Gasteiger partial charge < -0.3 is 10.5 Å². The molecule has 138 valence electrons. The zero-order valence-corrected chi connectivity index (χ0v) is 15.9. The number of carbonyl (C=O) groups excluding carboxylic acids is 1. The summed E-state index contributed by atoms with van der Waals surface area (Å²) in [7, 11) is 0. The van der Waals surface area contributed by atoms with Crippen molar-refractivity contribution in [3.05, 3.63) is 17.0 Å². The smallest absolute Gasteiger partial charge is 0.327 e. The maximum absolute atomic E-state index is 11.7. The fourth-order valence-electron chi connectivity index (χ4n) is 3.44. The number of hydrogen-bond acceptors (Lipinski definition) is 5. The summed E-state index contributed by atoms with van der Waals surface area (Å²) in [6, 6.07) is 0. The lowest BCUT2D eigenvalue weighted by Crippen LogP contribution is -2.36. The van der Waals surface area contributed by atoms with E-state index in [0.29, 0.717) is 12.5 Å². The first-order chi connectivity index (χ1) is 11.0. The molecule has 1 aliphatic heterocycles. The molecular weight excluding hydrogens is 328 g/mol. The Morgan fingerprint density at radius 3 is 2.83 bits per heavy atom. The van der Waals surface area contributed by atoms with E-state index in [2.05, 4.69) is 10.00 Å². The van der Waals surface area contributed by atoms with Crippen LogP contribution in [0.3, 0.4) is 0 Å². The molecule has 1 aromatic heterocycles. The molecule has 2 N–H and O–H groups in total. The molecule has 0 bridgehead atoms. The Labute approximate surface area is 151 Å². The highest BCUT2D eigenvalue weighted by atomic mass is 35.5. The molecule has 2 rings (SSSR count). The van der Waals surface area contributed by atoms with Crippen molar-refractivity contribution in [1.82, 2.24) is 14.7 Å². The third kappa shape index (κ3) is 5.46. The Kier molecular flexibility index (Phi) is 8.73. The lowest BCUT2D eigenvalue weighted by Gasteiger charge is -2.32. The summed E-state index contributed by atoms with van der Waals surface area (Å²) in [5.74, 6) is 0.481. The minimum Gasteiger partial charge on any atom is -0.465 e. The second-order valence-corrected chi connectivity index (χ2v) is 6.43. The van der Waals surface area contributed by atoms with Gasteiger partial charge in [-0.1, -0.05) is 0 Å². The fourth-order valence-corrected chi connectivity index (χ4v) is 3.44. The third-order valence-electron chi connectivity index (χ3n) is 4.68. The molecule has 1 unspecified atom stereocenters. The van der Waals surface area contributed by atoms with E-state index in [1.807, 2.05) is 20.8 Å². The molecule has 1 aliphatic rings. The van der Waals surface area contributed by atoms with Gasteiger partial charge in [0.15, 0.2) is 0 Å². The van der Waals surface area contributed by atoms with E-state index in [-0.39, 0.29) is 24.9 Å². The van der Waals surface area contributed by atoms with E-state index in [0.717, 1.165) is 44.0 Å². The fraction of sp³-hybridized carbons (Fsp3) is 0.765.